The van der Waals surface area contributed by atoms with E-state index < -0.39 is 0 Å². The third-order valence-corrected chi connectivity index (χ3v) is 5.24. The van der Waals surface area contributed by atoms with Crippen LogP contribution in [-0.2, 0) is 16.6 Å². The van der Waals surface area contributed by atoms with Crippen LogP contribution in [0.2, 0.25) is 0 Å². The van der Waals surface area contributed by atoms with Crippen molar-refractivity contribution < 1.29 is 9.53 Å². The minimum absolute atomic E-state index is 0.0245. The van der Waals surface area contributed by atoms with Crippen LogP contribution >= 0.6 is 0 Å². The highest BCUT2D eigenvalue weighted by atomic mass is 16.5. The quantitative estimate of drug-likeness (QED) is 0.720. The first-order valence-corrected chi connectivity index (χ1v) is 7.09. The number of carbonyl (C=O) groups excluding carboxylic acids is 1. The molecule has 2 heteroatoms. The number of ether oxygens (including phenoxy) is 1. The summed E-state index contributed by atoms with van der Waals surface area (Å²) in [7, 11) is 1.74. The average molecular weight is 254 g/mol. The van der Waals surface area contributed by atoms with Gasteiger partial charge in [0.05, 0.1) is 7.11 Å². The lowest BCUT2D eigenvalue weighted by Gasteiger charge is -2.41. The van der Waals surface area contributed by atoms with Crippen LogP contribution in [0.15, 0.2) is 30.4 Å². The molecule has 3 aliphatic rings. The third-order valence-electron chi connectivity index (χ3n) is 5.24. The maximum atomic E-state index is 12.2. The van der Waals surface area contributed by atoms with Gasteiger partial charge in [-0.1, -0.05) is 24.3 Å². The fraction of sp³-hybridized carbons (Fsp3) is 0.471. The van der Waals surface area contributed by atoms with Crippen molar-refractivity contribution in [2.45, 2.75) is 31.1 Å². The highest BCUT2D eigenvalue weighted by Gasteiger charge is 2.53. The number of methoxy groups -OCH3 is 1. The standard InChI is InChI=1S/C17H18O2/c1-19-15-4-2-3-12-8-14(18)10-17(16(12)15)9-11-5-6-13(17)7-11/h2-6,11,13H,7-10H2,1H3. The van der Waals surface area contributed by atoms with Crippen molar-refractivity contribution in [3.8, 4) is 5.75 Å². The summed E-state index contributed by atoms with van der Waals surface area (Å²) in [5.74, 6) is 2.55. The number of rotatable bonds is 1. The second-order valence-corrected chi connectivity index (χ2v) is 6.23. The van der Waals surface area contributed by atoms with Crippen molar-refractivity contribution in [3.05, 3.63) is 41.5 Å². The molecule has 19 heavy (non-hydrogen) atoms. The molecule has 3 aliphatic carbocycles. The number of fused-ring (bicyclic) bond motifs is 5. The zero-order valence-corrected chi connectivity index (χ0v) is 11.2. The Hall–Kier alpha value is -1.57. The van der Waals surface area contributed by atoms with Crippen molar-refractivity contribution in [2.24, 2.45) is 11.8 Å². The molecule has 0 saturated heterocycles. The number of ketones is 1. The van der Waals surface area contributed by atoms with Crippen molar-refractivity contribution >= 4 is 5.78 Å². The molecule has 4 rings (SSSR count). The molecule has 1 aromatic carbocycles. The Morgan fingerprint density at radius 2 is 2.21 bits per heavy atom. The second kappa shape index (κ2) is 3.72. The molecule has 2 bridgehead atoms. The summed E-state index contributed by atoms with van der Waals surface area (Å²) < 4.78 is 5.61. The number of benzene rings is 1. The van der Waals surface area contributed by atoms with E-state index in [4.69, 9.17) is 4.74 Å². The van der Waals surface area contributed by atoms with Gasteiger partial charge in [0.25, 0.3) is 0 Å². The minimum Gasteiger partial charge on any atom is -0.496 e. The molecule has 3 unspecified atom stereocenters. The van der Waals surface area contributed by atoms with E-state index in [2.05, 4.69) is 18.2 Å². The number of Topliss-reactive ketones (excluding diaryl/α,β-unsaturated/α-hetero) is 1. The molecule has 0 amide bonds. The van der Waals surface area contributed by atoms with Gasteiger partial charge >= 0.3 is 0 Å². The number of carbonyl (C=O) groups is 1. The molecule has 0 aliphatic heterocycles. The molecule has 1 saturated carbocycles. The summed E-state index contributed by atoms with van der Waals surface area (Å²) >= 11 is 0. The van der Waals surface area contributed by atoms with E-state index in [1.807, 2.05) is 12.1 Å². The van der Waals surface area contributed by atoms with Crippen LogP contribution in [0.1, 0.15) is 30.4 Å². The van der Waals surface area contributed by atoms with Crippen LogP contribution in [0, 0.1) is 11.8 Å². The Kier molecular flexibility index (Phi) is 2.21. The normalized spacial score (nSPS) is 34.9. The lowest BCUT2D eigenvalue weighted by molar-refractivity contribution is -0.120. The topological polar surface area (TPSA) is 26.3 Å². The van der Waals surface area contributed by atoms with Gasteiger partial charge in [-0.25, -0.2) is 0 Å². The predicted octanol–water partition coefficient (Wildman–Crippen LogP) is 3.04. The molecular formula is C17H18O2. The highest BCUT2D eigenvalue weighted by molar-refractivity contribution is 5.86. The van der Waals surface area contributed by atoms with Crippen molar-refractivity contribution in [1.82, 2.24) is 0 Å². The summed E-state index contributed by atoms with van der Waals surface area (Å²) in [6.07, 6.45) is 8.28. The van der Waals surface area contributed by atoms with Crippen LogP contribution in [0.4, 0.5) is 0 Å². The molecule has 0 heterocycles. The zero-order valence-electron chi connectivity index (χ0n) is 11.2. The number of hydrogen-bond acceptors (Lipinski definition) is 2. The zero-order chi connectivity index (χ0) is 13.0. The average Bonchev–Trinajstić information content (AvgIpc) is 2.98. The summed E-state index contributed by atoms with van der Waals surface area (Å²) in [5, 5.41) is 0. The Morgan fingerprint density at radius 3 is 2.89 bits per heavy atom. The number of hydrogen-bond donors (Lipinski definition) is 0. The van der Waals surface area contributed by atoms with Crippen LogP contribution in [0.25, 0.3) is 0 Å². The van der Waals surface area contributed by atoms with Crippen molar-refractivity contribution in [1.29, 1.82) is 0 Å². The van der Waals surface area contributed by atoms with Crippen LogP contribution in [0.3, 0.4) is 0 Å². The molecule has 98 valence electrons. The Balaban J connectivity index is 1.95. The van der Waals surface area contributed by atoms with Crippen molar-refractivity contribution in [2.75, 3.05) is 7.11 Å². The molecule has 0 radical (unpaired) electrons. The lowest BCUT2D eigenvalue weighted by Crippen LogP contribution is -2.39. The summed E-state index contributed by atoms with van der Waals surface area (Å²) in [4.78, 5) is 12.2. The molecule has 1 aromatic rings. The Bertz CT molecular complexity index is 587. The minimum atomic E-state index is 0.0245. The van der Waals surface area contributed by atoms with Gasteiger partial charge in [-0.05, 0) is 36.3 Å². The smallest absolute Gasteiger partial charge is 0.138 e. The van der Waals surface area contributed by atoms with Gasteiger partial charge in [0.2, 0.25) is 0 Å². The molecule has 3 atom stereocenters. The van der Waals surface area contributed by atoms with E-state index >= 15 is 0 Å². The second-order valence-electron chi connectivity index (χ2n) is 6.23. The first-order valence-electron chi connectivity index (χ1n) is 7.09. The van der Waals surface area contributed by atoms with Crippen molar-refractivity contribution in [3.63, 3.8) is 0 Å². The molecule has 2 nitrogen and oxygen atoms in total. The first kappa shape index (κ1) is 11.3. The van der Waals surface area contributed by atoms with Gasteiger partial charge in [0.15, 0.2) is 0 Å². The van der Waals surface area contributed by atoms with Crippen LogP contribution in [-0.4, -0.2) is 12.9 Å². The van der Waals surface area contributed by atoms with Gasteiger partial charge in [-0.2, -0.15) is 0 Å². The Labute approximate surface area is 113 Å². The molecule has 0 N–H and O–H groups in total. The maximum absolute atomic E-state index is 12.2. The van der Waals surface area contributed by atoms with E-state index in [1.54, 1.807) is 7.11 Å². The third kappa shape index (κ3) is 1.40. The van der Waals surface area contributed by atoms with Crippen LogP contribution in [0.5, 0.6) is 5.75 Å². The Morgan fingerprint density at radius 1 is 1.32 bits per heavy atom. The van der Waals surface area contributed by atoms with Gasteiger partial charge in [-0.15, -0.1) is 0 Å². The molecule has 0 aromatic heterocycles. The SMILES string of the molecule is COc1cccc2c1C1(CC(=O)C2)CC2C=CC1C2. The molecule has 1 spiro atoms. The molecular weight excluding hydrogens is 236 g/mol. The summed E-state index contributed by atoms with van der Waals surface area (Å²) in [6.45, 7) is 0. The summed E-state index contributed by atoms with van der Waals surface area (Å²) in [5.41, 5.74) is 2.54. The largest absolute Gasteiger partial charge is 0.496 e. The fourth-order valence-electron chi connectivity index (χ4n) is 4.62. The van der Waals surface area contributed by atoms with Crippen LogP contribution < -0.4 is 4.74 Å². The maximum Gasteiger partial charge on any atom is 0.138 e. The van der Waals surface area contributed by atoms with Gasteiger partial charge in [-0.3, -0.25) is 4.79 Å². The van der Waals surface area contributed by atoms with Gasteiger partial charge in [0.1, 0.15) is 11.5 Å². The van der Waals surface area contributed by atoms with E-state index in [-0.39, 0.29) is 5.41 Å². The molecule has 1 fully saturated rings. The fourth-order valence-corrected chi connectivity index (χ4v) is 4.62. The lowest BCUT2D eigenvalue weighted by atomic mass is 9.62. The number of allylic oxidation sites excluding steroid dienone is 2. The van der Waals surface area contributed by atoms with E-state index in [0.29, 0.717) is 30.5 Å². The monoisotopic (exact) mass is 254 g/mol. The first-order chi connectivity index (χ1) is 9.23. The van der Waals surface area contributed by atoms with E-state index in [1.165, 1.54) is 17.5 Å². The van der Waals surface area contributed by atoms with E-state index in [9.17, 15) is 4.79 Å². The highest BCUT2D eigenvalue weighted by Crippen LogP contribution is 2.59. The van der Waals surface area contributed by atoms with Gasteiger partial charge in [0, 0.05) is 23.8 Å². The van der Waals surface area contributed by atoms with Gasteiger partial charge < -0.3 is 4.74 Å². The predicted molar refractivity (Wildman–Crippen MR) is 73.4 cm³/mol. The summed E-state index contributed by atoms with van der Waals surface area (Å²) in [6, 6.07) is 6.16. The van der Waals surface area contributed by atoms with E-state index in [0.717, 1.165) is 12.2 Å².